The number of carbonyl (C=O) groups is 2. The number of aryl methyl sites for hydroxylation is 1. The van der Waals surface area contributed by atoms with Gasteiger partial charge < -0.3 is 10.2 Å². The van der Waals surface area contributed by atoms with Crippen molar-refractivity contribution < 1.29 is 27.2 Å². The van der Waals surface area contributed by atoms with Crippen LogP contribution in [0.4, 0.5) is 28.9 Å². The number of alkyl halides is 3. The van der Waals surface area contributed by atoms with Crippen LogP contribution in [0.1, 0.15) is 46.3 Å². The van der Waals surface area contributed by atoms with Crippen LogP contribution in [0.3, 0.4) is 0 Å². The van der Waals surface area contributed by atoms with Gasteiger partial charge in [-0.2, -0.15) is 13.2 Å². The molecule has 10 heteroatoms. The summed E-state index contributed by atoms with van der Waals surface area (Å²) in [6.07, 6.45) is -3.16. The van der Waals surface area contributed by atoms with Crippen LogP contribution in [0.15, 0.2) is 30.3 Å². The molecule has 3 aliphatic rings. The van der Waals surface area contributed by atoms with Crippen molar-refractivity contribution in [2.45, 2.75) is 44.4 Å². The van der Waals surface area contributed by atoms with Gasteiger partial charge in [-0.25, -0.2) is 4.39 Å². The Morgan fingerprint density at radius 3 is 2.47 bits per heavy atom. The standard InChI is InChI=1S/C22H17F4N3O2S/c1-11-3-4-13(8-15(11)22(24,25)26)28-19(31)21(5-2-6-21)29(20(28)32)17-9-14-12(7-16(17)23)10-27-18(14)30/h3-4,7-9H,2,5-6,10H2,1H3,(H,27,30). The summed E-state index contributed by atoms with van der Waals surface area (Å²) >= 11 is 5.52. The largest absolute Gasteiger partial charge is 0.416 e. The Morgan fingerprint density at radius 1 is 1.12 bits per heavy atom. The van der Waals surface area contributed by atoms with Gasteiger partial charge in [0.2, 0.25) is 0 Å². The van der Waals surface area contributed by atoms with E-state index in [9.17, 15) is 22.8 Å². The van der Waals surface area contributed by atoms with E-state index in [0.717, 1.165) is 11.0 Å². The second-order valence-corrected chi connectivity index (χ2v) is 8.65. The number of thiocarbonyl (C=S) groups is 1. The molecule has 1 spiro atoms. The number of hydrogen-bond acceptors (Lipinski definition) is 3. The molecular weight excluding hydrogens is 446 g/mol. The molecule has 32 heavy (non-hydrogen) atoms. The zero-order valence-electron chi connectivity index (χ0n) is 16.8. The van der Waals surface area contributed by atoms with Gasteiger partial charge in [-0.05, 0) is 73.8 Å². The molecule has 0 aromatic heterocycles. The zero-order valence-corrected chi connectivity index (χ0v) is 17.7. The third-order valence-electron chi connectivity index (χ3n) is 6.47. The van der Waals surface area contributed by atoms with Gasteiger partial charge in [0.15, 0.2) is 5.11 Å². The molecule has 0 unspecified atom stereocenters. The number of rotatable bonds is 2. The van der Waals surface area contributed by atoms with Crippen LogP contribution in [-0.4, -0.2) is 22.5 Å². The average molecular weight is 463 g/mol. The minimum absolute atomic E-state index is 0.0182. The molecule has 5 rings (SSSR count). The predicted octanol–water partition coefficient (Wildman–Crippen LogP) is 4.46. The van der Waals surface area contributed by atoms with E-state index in [0.29, 0.717) is 30.4 Å². The minimum Gasteiger partial charge on any atom is -0.348 e. The SMILES string of the molecule is Cc1ccc(N2C(=O)C3(CCC3)N(c3cc4c(cc3F)CNC4=O)C2=S)cc1C(F)(F)F. The fraction of sp³-hybridized carbons (Fsp3) is 0.318. The third-order valence-corrected chi connectivity index (χ3v) is 6.84. The van der Waals surface area contributed by atoms with E-state index in [4.69, 9.17) is 12.2 Å². The van der Waals surface area contributed by atoms with Crippen LogP contribution in [0.5, 0.6) is 0 Å². The second kappa shape index (κ2) is 6.74. The highest BCUT2D eigenvalue weighted by Crippen LogP contribution is 2.49. The van der Waals surface area contributed by atoms with Crippen molar-refractivity contribution in [1.82, 2.24) is 5.32 Å². The van der Waals surface area contributed by atoms with Crippen molar-refractivity contribution in [2.24, 2.45) is 0 Å². The van der Waals surface area contributed by atoms with E-state index in [1.807, 2.05) is 0 Å². The summed E-state index contributed by atoms with van der Waals surface area (Å²) in [6.45, 7) is 1.54. The number of hydrogen-bond donors (Lipinski definition) is 1. The number of nitrogens with one attached hydrogen (secondary N) is 1. The van der Waals surface area contributed by atoms with Gasteiger partial charge in [0.25, 0.3) is 11.8 Å². The van der Waals surface area contributed by atoms with Gasteiger partial charge >= 0.3 is 6.18 Å². The van der Waals surface area contributed by atoms with Crippen LogP contribution >= 0.6 is 12.2 Å². The van der Waals surface area contributed by atoms with E-state index in [-0.39, 0.29) is 34.5 Å². The molecule has 0 atom stereocenters. The normalized spacial score (nSPS) is 19.5. The second-order valence-electron chi connectivity index (χ2n) is 8.28. The maximum atomic E-state index is 15.1. The lowest BCUT2D eigenvalue weighted by molar-refractivity contribution is -0.138. The number of anilines is 2. The van der Waals surface area contributed by atoms with E-state index in [1.54, 1.807) is 0 Å². The first-order valence-corrected chi connectivity index (χ1v) is 10.4. The lowest BCUT2D eigenvalue weighted by Crippen LogP contribution is -2.55. The predicted molar refractivity (Wildman–Crippen MR) is 113 cm³/mol. The monoisotopic (exact) mass is 463 g/mol. The summed E-state index contributed by atoms with van der Waals surface area (Å²) in [5.74, 6) is -1.50. The number of benzene rings is 2. The average Bonchev–Trinajstić information content (AvgIpc) is 3.15. The molecule has 166 valence electrons. The Morgan fingerprint density at radius 2 is 1.84 bits per heavy atom. The molecule has 0 bridgehead atoms. The third kappa shape index (κ3) is 2.78. The fourth-order valence-electron chi connectivity index (χ4n) is 4.64. The van der Waals surface area contributed by atoms with Crippen molar-refractivity contribution in [3.05, 3.63) is 58.4 Å². The highest BCUT2D eigenvalue weighted by atomic mass is 32.1. The van der Waals surface area contributed by atoms with Crippen molar-refractivity contribution in [1.29, 1.82) is 0 Å². The van der Waals surface area contributed by atoms with Gasteiger partial charge in [0.1, 0.15) is 11.4 Å². The summed E-state index contributed by atoms with van der Waals surface area (Å²) < 4.78 is 55.5. The molecule has 5 nitrogen and oxygen atoms in total. The van der Waals surface area contributed by atoms with Gasteiger partial charge in [-0.15, -0.1) is 0 Å². The minimum atomic E-state index is -4.60. The molecule has 2 aromatic carbocycles. The molecule has 2 amide bonds. The Bertz CT molecular complexity index is 1210. The highest BCUT2D eigenvalue weighted by molar-refractivity contribution is 7.81. The number of fused-ring (bicyclic) bond motifs is 1. The summed E-state index contributed by atoms with van der Waals surface area (Å²) in [6, 6.07) is 6.17. The van der Waals surface area contributed by atoms with Crippen molar-refractivity contribution in [3.8, 4) is 0 Å². The molecule has 1 saturated carbocycles. The lowest BCUT2D eigenvalue weighted by atomic mass is 9.75. The fourth-order valence-corrected chi connectivity index (χ4v) is 5.10. The summed E-state index contributed by atoms with van der Waals surface area (Å²) in [5, 5.41) is 2.51. The van der Waals surface area contributed by atoms with Crippen LogP contribution in [0.2, 0.25) is 0 Å². The van der Waals surface area contributed by atoms with E-state index in [1.165, 1.54) is 36.1 Å². The summed E-state index contributed by atoms with van der Waals surface area (Å²) in [4.78, 5) is 28.0. The lowest BCUT2D eigenvalue weighted by Gasteiger charge is -2.43. The molecule has 0 radical (unpaired) electrons. The summed E-state index contributed by atoms with van der Waals surface area (Å²) in [7, 11) is 0. The van der Waals surface area contributed by atoms with E-state index < -0.39 is 29.0 Å². The van der Waals surface area contributed by atoms with Crippen molar-refractivity contribution in [2.75, 3.05) is 9.80 Å². The van der Waals surface area contributed by atoms with Crippen LogP contribution < -0.4 is 15.1 Å². The highest BCUT2D eigenvalue weighted by Gasteiger charge is 2.60. The van der Waals surface area contributed by atoms with E-state index >= 15 is 4.39 Å². The number of halogens is 4. The zero-order chi connectivity index (χ0) is 23.0. The Labute approximate surface area is 186 Å². The molecular formula is C22H17F4N3O2S. The molecule has 2 fully saturated rings. The number of nitrogens with zero attached hydrogens (tertiary/aromatic N) is 2. The number of carbonyl (C=O) groups excluding carboxylic acids is 2. The maximum Gasteiger partial charge on any atom is 0.416 e. The van der Waals surface area contributed by atoms with Crippen LogP contribution in [0.25, 0.3) is 0 Å². The topological polar surface area (TPSA) is 52.7 Å². The van der Waals surface area contributed by atoms with Crippen LogP contribution in [0, 0.1) is 12.7 Å². The number of amides is 2. The molecule has 1 aliphatic carbocycles. The Hall–Kier alpha value is -3.01. The van der Waals surface area contributed by atoms with Gasteiger partial charge in [-0.3, -0.25) is 14.5 Å². The molecule has 2 aromatic rings. The van der Waals surface area contributed by atoms with Crippen LogP contribution in [-0.2, 0) is 17.5 Å². The molecule has 1 saturated heterocycles. The first-order chi connectivity index (χ1) is 15.0. The first kappa shape index (κ1) is 20.9. The Kier molecular flexibility index (Phi) is 4.40. The Balaban J connectivity index is 1.63. The van der Waals surface area contributed by atoms with Crippen molar-refractivity contribution >= 4 is 40.5 Å². The quantitative estimate of drug-likeness (QED) is 0.528. The van der Waals surface area contributed by atoms with Gasteiger partial charge in [-0.1, -0.05) is 6.07 Å². The molecule has 1 N–H and O–H groups in total. The molecule has 2 aliphatic heterocycles. The van der Waals surface area contributed by atoms with Gasteiger partial charge in [0, 0.05) is 12.1 Å². The summed E-state index contributed by atoms with van der Waals surface area (Å²) in [5.41, 5.74) is -1.28. The smallest absolute Gasteiger partial charge is 0.348 e. The van der Waals surface area contributed by atoms with Crippen molar-refractivity contribution in [3.63, 3.8) is 0 Å². The maximum absolute atomic E-state index is 15.1. The molecule has 2 heterocycles. The van der Waals surface area contributed by atoms with Gasteiger partial charge in [0.05, 0.1) is 16.9 Å². The first-order valence-electron chi connectivity index (χ1n) is 10.0. The van der Waals surface area contributed by atoms with E-state index in [2.05, 4.69) is 5.32 Å².